The molecule has 0 saturated carbocycles. The highest BCUT2D eigenvalue weighted by Gasteiger charge is 2.20. The van der Waals surface area contributed by atoms with Gasteiger partial charge in [-0.15, -0.1) is 0 Å². The molecule has 1 amide bonds. The second kappa shape index (κ2) is 6.79. The van der Waals surface area contributed by atoms with Gasteiger partial charge in [0.15, 0.2) is 11.5 Å². The summed E-state index contributed by atoms with van der Waals surface area (Å²) in [7, 11) is 1.58. The lowest BCUT2D eigenvalue weighted by Gasteiger charge is -2.19. The van der Waals surface area contributed by atoms with E-state index in [1.807, 2.05) is 25.1 Å². The summed E-state index contributed by atoms with van der Waals surface area (Å²) < 4.78 is 30.1. The predicted molar refractivity (Wildman–Crippen MR) is 99.2 cm³/mol. The Kier molecular flexibility index (Phi) is 4.32. The average Bonchev–Trinajstić information content (AvgIpc) is 3.00. The summed E-state index contributed by atoms with van der Waals surface area (Å²) in [5.74, 6) is 1.30. The maximum Gasteiger partial charge on any atom is 0.251 e. The molecule has 138 valence electrons. The molecule has 0 fully saturated rings. The van der Waals surface area contributed by atoms with Gasteiger partial charge in [-0.1, -0.05) is 12.1 Å². The van der Waals surface area contributed by atoms with Gasteiger partial charge in [0.1, 0.15) is 23.8 Å². The van der Waals surface area contributed by atoms with Crippen molar-refractivity contribution >= 4 is 23.0 Å². The van der Waals surface area contributed by atoms with Crippen molar-refractivity contribution in [1.29, 1.82) is 0 Å². The summed E-state index contributed by atoms with van der Waals surface area (Å²) in [4.78, 5) is 12.5. The van der Waals surface area contributed by atoms with Gasteiger partial charge in [-0.05, 0) is 37.3 Å². The number of para-hydroxylation sites is 1. The Labute approximate surface area is 155 Å². The highest BCUT2D eigenvalue weighted by molar-refractivity contribution is 5.99. The van der Waals surface area contributed by atoms with Gasteiger partial charge in [-0.25, -0.2) is 4.39 Å². The molecule has 27 heavy (non-hydrogen) atoms. The molecule has 1 aliphatic heterocycles. The van der Waals surface area contributed by atoms with Gasteiger partial charge in [-0.2, -0.15) is 0 Å². The van der Waals surface area contributed by atoms with Gasteiger partial charge in [-0.3, -0.25) is 4.79 Å². The SMILES string of the molecule is COc1cccc2c1OCC(C(=O)NCc1oc3ccc(F)cc3c1C)=C2. The number of hydrogen-bond donors (Lipinski definition) is 1. The van der Waals surface area contributed by atoms with Crippen molar-refractivity contribution in [1.82, 2.24) is 5.32 Å². The Morgan fingerprint density at radius 2 is 2.15 bits per heavy atom. The molecule has 0 unspecified atom stereocenters. The molecule has 0 spiro atoms. The fraction of sp³-hybridized carbons (Fsp3) is 0.190. The molecular formula is C21H18FNO4. The quantitative estimate of drug-likeness (QED) is 0.758. The lowest BCUT2D eigenvalue weighted by molar-refractivity contribution is -0.118. The number of fused-ring (bicyclic) bond motifs is 2. The maximum absolute atomic E-state index is 13.4. The first kappa shape index (κ1) is 17.1. The molecule has 4 rings (SSSR count). The van der Waals surface area contributed by atoms with Crippen LogP contribution in [0.4, 0.5) is 4.39 Å². The lowest BCUT2D eigenvalue weighted by Crippen LogP contribution is -2.28. The zero-order valence-electron chi connectivity index (χ0n) is 15.0. The van der Waals surface area contributed by atoms with Crippen LogP contribution in [0.1, 0.15) is 16.9 Å². The van der Waals surface area contributed by atoms with Crippen LogP contribution in [0, 0.1) is 12.7 Å². The number of nitrogens with one attached hydrogen (secondary N) is 1. The monoisotopic (exact) mass is 367 g/mol. The second-order valence-electron chi connectivity index (χ2n) is 6.31. The third-order valence-corrected chi connectivity index (χ3v) is 4.63. The Hall–Kier alpha value is -3.28. The minimum Gasteiger partial charge on any atom is -0.493 e. The van der Waals surface area contributed by atoms with Crippen LogP contribution in [0.25, 0.3) is 17.0 Å². The minimum absolute atomic E-state index is 0.156. The molecule has 0 aliphatic carbocycles. The average molecular weight is 367 g/mol. The minimum atomic E-state index is -0.319. The Bertz CT molecular complexity index is 1070. The van der Waals surface area contributed by atoms with Crippen LogP contribution in [0.5, 0.6) is 11.5 Å². The fourth-order valence-corrected chi connectivity index (χ4v) is 3.16. The van der Waals surface area contributed by atoms with E-state index in [1.54, 1.807) is 19.3 Å². The lowest BCUT2D eigenvalue weighted by atomic mass is 10.1. The van der Waals surface area contributed by atoms with Crippen molar-refractivity contribution in [2.75, 3.05) is 13.7 Å². The molecule has 5 nitrogen and oxygen atoms in total. The fourth-order valence-electron chi connectivity index (χ4n) is 3.16. The summed E-state index contributed by atoms with van der Waals surface area (Å²) in [6.07, 6.45) is 1.79. The molecule has 1 N–H and O–H groups in total. The summed E-state index contributed by atoms with van der Waals surface area (Å²) in [5.41, 5.74) is 2.71. The molecule has 0 bridgehead atoms. The number of carbonyl (C=O) groups excluding carboxylic acids is 1. The van der Waals surface area contributed by atoms with E-state index in [9.17, 15) is 9.18 Å². The molecular weight excluding hydrogens is 349 g/mol. The number of rotatable bonds is 4. The first-order valence-electron chi connectivity index (χ1n) is 8.53. The van der Waals surface area contributed by atoms with Crippen LogP contribution in [0.2, 0.25) is 0 Å². The van der Waals surface area contributed by atoms with Crippen molar-refractivity contribution in [3.8, 4) is 11.5 Å². The van der Waals surface area contributed by atoms with Gasteiger partial charge < -0.3 is 19.2 Å². The molecule has 2 aromatic carbocycles. The number of aryl methyl sites for hydroxylation is 1. The number of benzene rings is 2. The molecule has 3 aromatic rings. The van der Waals surface area contributed by atoms with Gasteiger partial charge >= 0.3 is 0 Å². The van der Waals surface area contributed by atoms with Crippen LogP contribution in [0.3, 0.4) is 0 Å². The van der Waals surface area contributed by atoms with E-state index in [4.69, 9.17) is 13.9 Å². The van der Waals surface area contributed by atoms with Gasteiger partial charge in [0.2, 0.25) is 0 Å². The molecule has 6 heteroatoms. The Morgan fingerprint density at radius 3 is 2.96 bits per heavy atom. The van der Waals surface area contributed by atoms with E-state index in [2.05, 4.69) is 5.32 Å². The Morgan fingerprint density at radius 1 is 1.30 bits per heavy atom. The van der Waals surface area contributed by atoms with E-state index in [-0.39, 0.29) is 24.9 Å². The number of furan rings is 1. The third kappa shape index (κ3) is 3.14. The van der Waals surface area contributed by atoms with Crippen LogP contribution in [0.15, 0.2) is 46.4 Å². The highest BCUT2D eigenvalue weighted by Crippen LogP contribution is 2.35. The largest absolute Gasteiger partial charge is 0.493 e. The number of halogens is 1. The van der Waals surface area contributed by atoms with Crippen LogP contribution < -0.4 is 14.8 Å². The topological polar surface area (TPSA) is 60.7 Å². The van der Waals surface area contributed by atoms with Gasteiger partial charge in [0, 0.05) is 16.5 Å². The van der Waals surface area contributed by atoms with Crippen LogP contribution in [-0.4, -0.2) is 19.6 Å². The molecule has 0 radical (unpaired) electrons. The standard InChI is InChI=1S/C21H18FNO4/c1-12-16-9-15(22)6-7-17(16)27-19(12)10-23-21(24)14-8-13-4-3-5-18(25-2)20(13)26-11-14/h3-9H,10-11H2,1-2H3,(H,23,24). The van der Waals surface area contributed by atoms with E-state index >= 15 is 0 Å². The van der Waals surface area contributed by atoms with Crippen molar-refractivity contribution in [2.24, 2.45) is 0 Å². The van der Waals surface area contributed by atoms with Crippen LogP contribution >= 0.6 is 0 Å². The van der Waals surface area contributed by atoms with E-state index in [1.165, 1.54) is 12.1 Å². The maximum atomic E-state index is 13.4. The Balaban J connectivity index is 1.52. The third-order valence-electron chi connectivity index (χ3n) is 4.63. The number of amides is 1. The predicted octanol–water partition coefficient (Wildman–Crippen LogP) is 3.98. The molecule has 2 heterocycles. The number of hydrogen-bond acceptors (Lipinski definition) is 4. The first-order valence-corrected chi connectivity index (χ1v) is 8.53. The summed E-state index contributed by atoms with van der Waals surface area (Å²) in [6, 6.07) is 9.89. The normalized spacial score (nSPS) is 12.9. The zero-order chi connectivity index (χ0) is 19.0. The van der Waals surface area contributed by atoms with Crippen molar-refractivity contribution < 1.29 is 23.1 Å². The summed E-state index contributed by atoms with van der Waals surface area (Å²) in [5, 5.41) is 3.55. The number of methoxy groups -OCH3 is 1. The van der Waals surface area contributed by atoms with Crippen LogP contribution in [-0.2, 0) is 11.3 Å². The molecule has 0 saturated heterocycles. The van der Waals surface area contributed by atoms with E-state index in [0.29, 0.717) is 33.8 Å². The molecule has 0 atom stereocenters. The van der Waals surface area contributed by atoms with Crippen molar-refractivity contribution in [3.63, 3.8) is 0 Å². The van der Waals surface area contributed by atoms with E-state index < -0.39 is 0 Å². The molecule has 1 aromatic heterocycles. The summed E-state index contributed by atoms with van der Waals surface area (Å²) in [6.45, 7) is 2.21. The van der Waals surface area contributed by atoms with Crippen molar-refractivity contribution in [2.45, 2.75) is 13.5 Å². The van der Waals surface area contributed by atoms with E-state index in [0.717, 1.165) is 11.1 Å². The van der Waals surface area contributed by atoms with Gasteiger partial charge in [0.25, 0.3) is 5.91 Å². The zero-order valence-corrected chi connectivity index (χ0v) is 15.0. The number of carbonyl (C=O) groups is 1. The first-order chi connectivity index (χ1) is 13.1. The smallest absolute Gasteiger partial charge is 0.251 e. The van der Waals surface area contributed by atoms with Gasteiger partial charge in [0.05, 0.1) is 19.2 Å². The highest BCUT2D eigenvalue weighted by atomic mass is 19.1. The molecule has 1 aliphatic rings. The summed E-state index contributed by atoms with van der Waals surface area (Å²) >= 11 is 0. The second-order valence-corrected chi connectivity index (χ2v) is 6.31. The number of ether oxygens (including phenoxy) is 2. The van der Waals surface area contributed by atoms with Crippen molar-refractivity contribution in [3.05, 3.63) is 64.7 Å².